The molecule has 0 radical (unpaired) electrons. The van der Waals surface area contributed by atoms with Crippen molar-refractivity contribution in [2.45, 2.75) is 89.1 Å². The van der Waals surface area contributed by atoms with Crippen LogP contribution in [0.2, 0.25) is 0 Å². The molecule has 2 aromatic carbocycles. The van der Waals surface area contributed by atoms with Crippen LogP contribution in [-0.4, -0.2) is 54.6 Å². The van der Waals surface area contributed by atoms with Crippen LogP contribution in [-0.2, 0) is 22.4 Å². The van der Waals surface area contributed by atoms with Crippen molar-refractivity contribution >= 4 is 33.9 Å². The molecule has 0 spiro atoms. The van der Waals surface area contributed by atoms with E-state index in [2.05, 4.69) is 56.2 Å². The maximum Gasteiger partial charge on any atom is 0.226 e. The molecule has 4 heterocycles. The van der Waals surface area contributed by atoms with Crippen LogP contribution in [0.3, 0.4) is 0 Å². The quantitative estimate of drug-likeness (QED) is 0.281. The molecule has 2 saturated heterocycles. The van der Waals surface area contributed by atoms with Gasteiger partial charge in [0.25, 0.3) is 0 Å². The van der Waals surface area contributed by atoms with Gasteiger partial charge in [0.2, 0.25) is 11.8 Å². The van der Waals surface area contributed by atoms with Gasteiger partial charge < -0.3 is 19.8 Å². The van der Waals surface area contributed by atoms with Crippen LogP contribution in [0.15, 0.2) is 36.4 Å². The first kappa shape index (κ1) is 26.0. The molecule has 4 fully saturated rings. The Balaban J connectivity index is 0.951. The molecule has 4 aliphatic rings. The van der Waals surface area contributed by atoms with E-state index in [0.29, 0.717) is 11.8 Å². The molecule has 0 unspecified atom stereocenters. The number of aryl methyl sites for hydroxylation is 2. The number of nitrogens with zero attached hydrogens (tertiary/aromatic N) is 4. The first-order valence-corrected chi connectivity index (χ1v) is 16.2. The number of likely N-dealkylation sites (tertiary alicyclic amines) is 2. The normalized spacial score (nSPS) is 23.1. The zero-order valence-corrected chi connectivity index (χ0v) is 24.3. The Kier molecular flexibility index (Phi) is 6.53. The highest BCUT2D eigenvalue weighted by atomic mass is 16.2. The van der Waals surface area contributed by atoms with Gasteiger partial charge in [-0.2, -0.15) is 0 Å². The zero-order valence-electron chi connectivity index (χ0n) is 24.3. The Morgan fingerprint density at radius 3 is 1.79 bits per heavy atom. The number of benzene rings is 2. The Labute approximate surface area is 246 Å². The molecule has 8 nitrogen and oxygen atoms in total. The largest absolute Gasteiger partial charge is 0.340 e. The Bertz CT molecular complexity index is 1520. The van der Waals surface area contributed by atoms with Gasteiger partial charge in [-0.1, -0.05) is 25.0 Å². The van der Waals surface area contributed by atoms with Gasteiger partial charge >= 0.3 is 0 Å². The number of aromatic nitrogens is 4. The Morgan fingerprint density at radius 1 is 0.643 bits per heavy atom. The number of aromatic amines is 2. The summed E-state index contributed by atoms with van der Waals surface area (Å²) < 4.78 is 0. The van der Waals surface area contributed by atoms with E-state index in [0.717, 1.165) is 111 Å². The van der Waals surface area contributed by atoms with Crippen molar-refractivity contribution in [3.63, 3.8) is 0 Å². The second-order valence-corrected chi connectivity index (χ2v) is 13.1. The molecule has 218 valence electrons. The summed E-state index contributed by atoms with van der Waals surface area (Å²) in [6.07, 6.45) is 12.4. The van der Waals surface area contributed by atoms with Crippen molar-refractivity contribution < 1.29 is 9.59 Å². The average molecular weight is 565 g/mol. The smallest absolute Gasteiger partial charge is 0.226 e. The third-order valence-electron chi connectivity index (χ3n) is 10.4. The minimum absolute atomic E-state index is 0.0760. The predicted octanol–water partition coefficient (Wildman–Crippen LogP) is 6.15. The summed E-state index contributed by atoms with van der Waals surface area (Å²) >= 11 is 0. The fourth-order valence-electron chi connectivity index (χ4n) is 7.47. The van der Waals surface area contributed by atoms with E-state index < -0.39 is 0 Å². The van der Waals surface area contributed by atoms with Crippen LogP contribution in [0, 0.1) is 11.8 Å². The van der Waals surface area contributed by atoms with Crippen molar-refractivity contribution in [3.05, 3.63) is 59.2 Å². The lowest BCUT2D eigenvalue weighted by Crippen LogP contribution is -2.38. The molecule has 4 aromatic rings. The molecule has 2 aliphatic carbocycles. The molecule has 2 atom stereocenters. The number of amides is 2. The first-order chi connectivity index (χ1) is 20.6. The number of carbonyl (C=O) groups is 2. The van der Waals surface area contributed by atoms with Gasteiger partial charge in [-0.05, 0) is 99.6 Å². The average Bonchev–Trinajstić information content (AvgIpc) is 3.73. The van der Waals surface area contributed by atoms with Crippen molar-refractivity contribution in [1.82, 2.24) is 29.7 Å². The van der Waals surface area contributed by atoms with E-state index >= 15 is 0 Å². The molecule has 2 aromatic heterocycles. The van der Waals surface area contributed by atoms with E-state index in [1.165, 1.54) is 24.0 Å². The van der Waals surface area contributed by atoms with E-state index in [4.69, 9.17) is 9.97 Å². The fourth-order valence-corrected chi connectivity index (χ4v) is 7.47. The minimum Gasteiger partial charge on any atom is -0.340 e. The summed E-state index contributed by atoms with van der Waals surface area (Å²) in [5, 5.41) is 0. The number of imidazole rings is 2. The van der Waals surface area contributed by atoms with Gasteiger partial charge in [0, 0.05) is 24.9 Å². The van der Waals surface area contributed by atoms with Gasteiger partial charge in [-0.25, -0.2) is 9.97 Å². The maximum absolute atomic E-state index is 13.0. The molecule has 2 N–H and O–H groups in total. The van der Waals surface area contributed by atoms with Gasteiger partial charge in [-0.15, -0.1) is 0 Å². The molecule has 0 bridgehead atoms. The van der Waals surface area contributed by atoms with E-state index in [9.17, 15) is 9.59 Å². The van der Waals surface area contributed by atoms with E-state index in [-0.39, 0.29) is 23.9 Å². The lowest BCUT2D eigenvalue weighted by molar-refractivity contribution is -0.140. The van der Waals surface area contributed by atoms with Gasteiger partial charge in [0.05, 0.1) is 34.2 Å². The van der Waals surface area contributed by atoms with Crippen molar-refractivity contribution in [2.24, 2.45) is 11.8 Å². The summed E-state index contributed by atoms with van der Waals surface area (Å²) in [5.74, 6) is 2.98. The highest BCUT2D eigenvalue weighted by Gasteiger charge is 2.38. The van der Waals surface area contributed by atoms with Gasteiger partial charge in [0.1, 0.15) is 11.6 Å². The van der Waals surface area contributed by atoms with Crippen molar-refractivity contribution in [3.8, 4) is 0 Å². The number of fused-ring (bicyclic) bond motifs is 2. The fraction of sp³-hybridized carbons (Fsp3) is 0.529. The molecule has 8 rings (SSSR count). The zero-order chi connectivity index (χ0) is 28.2. The lowest BCUT2D eigenvalue weighted by atomic mass is 9.84. The summed E-state index contributed by atoms with van der Waals surface area (Å²) in [5.41, 5.74) is 6.58. The Hall–Kier alpha value is -3.68. The number of carbonyl (C=O) groups excluding carboxylic acids is 2. The molecule has 2 saturated carbocycles. The third-order valence-corrected chi connectivity index (χ3v) is 10.4. The topological polar surface area (TPSA) is 98.0 Å². The molecule has 42 heavy (non-hydrogen) atoms. The summed E-state index contributed by atoms with van der Waals surface area (Å²) in [6, 6.07) is 13.2. The van der Waals surface area contributed by atoms with E-state index in [1.807, 2.05) is 0 Å². The highest BCUT2D eigenvalue weighted by Crippen LogP contribution is 2.38. The van der Waals surface area contributed by atoms with Crippen LogP contribution in [0.1, 0.15) is 99.1 Å². The predicted molar refractivity (Wildman–Crippen MR) is 162 cm³/mol. The number of rotatable bonds is 7. The first-order valence-electron chi connectivity index (χ1n) is 16.2. The second-order valence-electron chi connectivity index (χ2n) is 13.1. The summed E-state index contributed by atoms with van der Waals surface area (Å²) in [7, 11) is 0. The summed E-state index contributed by atoms with van der Waals surface area (Å²) in [6.45, 7) is 1.70. The SMILES string of the molecule is O=C(C1CCC1)N1CCC[C@H]1c1nc2cc(CCc3ccc4nc([C@@H]5CCCN5C(=O)C5CCC5)[nH]c4c3)ccc2[nH]1. The standard InChI is InChI=1S/C34H40N6O2/c41-33(23-5-1-6-23)39-17-3-9-29(39)31-35-25-15-13-21(19-27(25)37-31)11-12-22-14-16-26-28(20-22)38-32(36-26)30-10-4-18-40(30)34(42)24-7-2-8-24/h13-16,19-20,23-24,29-30H,1-12,17-18H2,(H,35,37)(H,36,38)/t29-,30-/m0/s1. The van der Waals surface area contributed by atoms with Gasteiger partial charge in [-0.3, -0.25) is 9.59 Å². The monoisotopic (exact) mass is 564 g/mol. The molecular formula is C34H40N6O2. The van der Waals surface area contributed by atoms with Crippen molar-refractivity contribution in [2.75, 3.05) is 13.1 Å². The summed E-state index contributed by atoms with van der Waals surface area (Å²) in [4.78, 5) is 47.1. The Morgan fingerprint density at radius 2 is 1.19 bits per heavy atom. The van der Waals surface area contributed by atoms with Crippen LogP contribution in [0.25, 0.3) is 22.1 Å². The highest BCUT2D eigenvalue weighted by molar-refractivity contribution is 5.82. The maximum atomic E-state index is 13.0. The number of nitrogens with one attached hydrogen (secondary N) is 2. The molecule has 8 heteroatoms. The third kappa shape index (κ3) is 4.59. The lowest BCUT2D eigenvalue weighted by Gasteiger charge is -2.32. The van der Waals surface area contributed by atoms with Crippen LogP contribution < -0.4 is 0 Å². The minimum atomic E-state index is 0.0760. The van der Waals surface area contributed by atoms with Gasteiger partial charge in [0.15, 0.2) is 0 Å². The number of H-pyrrole nitrogens is 2. The van der Waals surface area contributed by atoms with Crippen LogP contribution in [0.4, 0.5) is 0 Å². The second kappa shape index (κ2) is 10.5. The van der Waals surface area contributed by atoms with Crippen LogP contribution in [0.5, 0.6) is 0 Å². The molecular weight excluding hydrogens is 524 g/mol. The van der Waals surface area contributed by atoms with E-state index in [1.54, 1.807) is 0 Å². The number of hydrogen-bond acceptors (Lipinski definition) is 4. The van der Waals surface area contributed by atoms with Crippen molar-refractivity contribution in [1.29, 1.82) is 0 Å². The molecule has 2 aliphatic heterocycles. The molecule has 2 amide bonds. The van der Waals surface area contributed by atoms with Crippen LogP contribution >= 0.6 is 0 Å². The number of hydrogen-bond donors (Lipinski definition) is 2.